The van der Waals surface area contributed by atoms with Crippen molar-refractivity contribution in [1.82, 2.24) is 4.90 Å². The van der Waals surface area contributed by atoms with Crippen LogP contribution >= 0.6 is 38.5 Å². The Morgan fingerprint density at radius 3 is 2.33 bits per heavy atom. The van der Waals surface area contributed by atoms with Crippen molar-refractivity contribution in [3.63, 3.8) is 0 Å². The summed E-state index contributed by atoms with van der Waals surface area (Å²) in [7, 11) is 0. The predicted octanol–water partition coefficient (Wildman–Crippen LogP) is 4.90. The Labute approximate surface area is 165 Å². The first-order valence-electron chi connectivity index (χ1n) is 8.13. The molecular weight excluding hydrogens is 479 g/mol. The number of likely N-dealkylation sites (tertiary alicyclic amines) is 1. The Morgan fingerprint density at radius 1 is 1.08 bits per heavy atom. The molecule has 1 amide bonds. The van der Waals surface area contributed by atoms with Crippen LogP contribution in [0.2, 0.25) is 0 Å². The number of nitrogens with zero attached hydrogens (tertiary/aromatic N) is 1. The van der Waals surface area contributed by atoms with Gasteiger partial charge in [-0.25, -0.2) is 0 Å². The van der Waals surface area contributed by atoms with Gasteiger partial charge in [0.25, 0.3) is 0 Å². The number of hydrogen-bond acceptors (Lipinski definition) is 2. The van der Waals surface area contributed by atoms with Gasteiger partial charge >= 0.3 is 0 Å². The zero-order valence-electron chi connectivity index (χ0n) is 13.3. The van der Waals surface area contributed by atoms with Crippen LogP contribution in [0.5, 0.6) is 0 Å². The number of piperidine rings is 1. The quantitative estimate of drug-likeness (QED) is 0.608. The molecule has 24 heavy (non-hydrogen) atoms. The van der Waals surface area contributed by atoms with Gasteiger partial charge in [-0.1, -0.05) is 28.1 Å². The topological polar surface area (TPSA) is 32.3 Å². The van der Waals surface area contributed by atoms with E-state index in [0.717, 1.165) is 42.6 Å². The summed E-state index contributed by atoms with van der Waals surface area (Å²) in [5.41, 5.74) is 2.21. The van der Waals surface area contributed by atoms with Gasteiger partial charge in [0, 0.05) is 26.2 Å². The molecule has 5 heteroatoms. The lowest BCUT2D eigenvalue weighted by Crippen LogP contribution is -2.37. The molecule has 1 aliphatic heterocycles. The van der Waals surface area contributed by atoms with Crippen LogP contribution in [0.25, 0.3) is 0 Å². The Balaban J connectivity index is 1.48. The van der Waals surface area contributed by atoms with E-state index in [9.17, 15) is 4.79 Å². The third-order valence-electron chi connectivity index (χ3n) is 4.39. The number of carbonyl (C=O) groups is 1. The fraction of sp³-hybridized carbons (Fsp3) is 0.316. The molecule has 0 saturated carbocycles. The molecule has 0 aliphatic carbocycles. The number of carbonyl (C=O) groups excluding carboxylic acids is 1. The van der Waals surface area contributed by atoms with Crippen molar-refractivity contribution < 1.29 is 4.79 Å². The number of rotatable bonds is 4. The second-order valence-corrected chi connectivity index (χ2v) is 8.33. The number of halogens is 2. The fourth-order valence-electron chi connectivity index (χ4n) is 2.98. The minimum atomic E-state index is 0.116. The van der Waals surface area contributed by atoms with E-state index in [4.69, 9.17) is 0 Å². The Kier molecular flexibility index (Phi) is 6.30. The third kappa shape index (κ3) is 5.04. The van der Waals surface area contributed by atoms with Crippen LogP contribution in [0.15, 0.2) is 53.0 Å². The Hall–Kier alpha value is -0.920. The first-order valence-corrected chi connectivity index (χ1v) is 10.0. The number of amides is 1. The van der Waals surface area contributed by atoms with E-state index >= 15 is 0 Å². The molecule has 0 radical (unpaired) electrons. The largest absolute Gasteiger partial charge is 0.326 e. The lowest BCUT2D eigenvalue weighted by atomic mass is 9.95. The zero-order chi connectivity index (χ0) is 16.9. The highest BCUT2D eigenvalue weighted by molar-refractivity contribution is 14.1. The second kappa shape index (κ2) is 8.45. The van der Waals surface area contributed by atoms with Crippen molar-refractivity contribution >= 4 is 50.1 Å². The van der Waals surface area contributed by atoms with E-state index in [0.29, 0.717) is 0 Å². The van der Waals surface area contributed by atoms with Crippen molar-refractivity contribution in [3.8, 4) is 0 Å². The van der Waals surface area contributed by atoms with E-state index < -0.39 is 0 Å². The van der Waals surface area contributed by atoms with Crippen LogP contribution < -0.4 is 5.32 Å². The highest BCUT2D eigenvalue weighted by Crippen LogP contribution is 2.22. The molecule has 3 nitrogen and oxygen atoms in total. The average molecular weight is 499 g/mol. The summed E-state index contributed by atoms with van der Waals surface area (Å²) in [5, 5.41) is 3.04. The van der Waals surface area contributed by atoms with Gasteiger partial charge in [-0.05, 0) is 90.5 Å². The fourth-order valence-corrected chi connectivity index (χ4v) is 3.60. The standard InChI is InChI=1S/C19H20BrIN2O/c20-16-3-1-14(2-4-16)13-23-11-9-15(10-12-23)19(24)22-18-7-5-17(21)6-8-18/h1-8,15H,9-13H2,(H,22,24). The van der Waals surface area contributed by atoms with Gasteiger partial charge < -0.3 is 5.32 Å². The second-order valence-electron chi connectivity index (χ2n) is 6.17. The van der Waals surface area contributed by atoms with Crippen molar-refractivity contribution in [2.45, 2.75) is 19.4 Å². The van der Waals surface area contributed by atoms with E-state index in [-0.39, 0.29) is 11.8 Å². The number of anilines is 1. The molecule has 0 spiro atoms. The van der Waals surface area contributed by atoms with Crippen molar-refractivity contribution in [2.75, 3.05) is 18.4 Å². The van der Waals surface area contributed by atoms with Crippen molar-refractivity contribution in [2.24, 2.45) is 5.92 Å². The van der Waals surface area contributed by atoms with Gasteiger partial charge in [0.05, 0.1) is 0 Å². The molecule has 1 fully saturated rings. The Bertz CT molecular complexity index is 680. The molecule has 1 saturated heterocycles. The smallest absolute Gasteiger partial charge is 0.227 e. The summed E-state index contributed by atoms with van der Waals surface area (Å²) >= 11 is 5.73. The maximum atomic E-state index is 12.4. The maximum Gasteiger partial charge on any atom is 0.227 e. The molecule has 1 aliphatic rings. The summed E-state index contributed by atoms with van der Waals surface area (Å²) in [6.07, 6.45) is 1.85. The number of benzene rings is 2. The van der Waals surface area contributed by atoms with Crippen LogP contribution in [0, 0.1) is 9.49 Å². The molecule has 0 bridgehead atoms. The Morgan fingerprint density at radius 2 is 1.71 bits per heavy atom. The third-order valence-corrected chi connectivity index (χ3v) is 5.64. The number of hydrogen-bond donors (Lipinski definition) is 1. The summed E-state index contributed by atoms with van der Waals surface area (Å²) in [6.45, 7) is 2.90. The molecule has 3 rings (SSSR count). The van der Waals surface area contributed by atoms with Crippen molar-refractivity contribution in [1.29, 1.82) is 0 Å². The van der Waals surface area contributed by atoms with Gasteiger partial charge in [0.15, 0.2) is 0 Å². The van der Waals surface area contributed by atoms with E-state index in [1.54, 1.807) is 0 Å². The highest BCUT2D eigenvalue weighted by atomic mass is 127. The van der Waals surface area contributed by atoms with Gasteiger partial charge in [0.1, 0.15) is 0 Å². The summed E-state index contributed by atoms with van der Waals surface area (Å²) in [4.78, 5) is 14.8. The minimum Gasteiger partial charge on any atom is -0.326 e. The predicted molar refractivity (Wildman–Crippen MR) is 110 cm³/mol. The first kappa shape index (κ1) is 17.9. The molecule has 1 heterocycles. The van der Waals surface area contributed by atoms with Gasteiger partial charge in [-0.3, -0.25) is 9.69 Å². The van der Waals surface area contributed by atoms with Crippen LogP contribution in [0.1, 0.15) is 18.4 Å². The van der Waals surface area contributed by atoms with Gasteiger partial charge in [-0.2, -0.15) is 0 Å². The first-order chi connectivity index (χ1) is 11.6. The van der Waals surface area contributed by atoms with E-state index in [1.807, 2.05) is 24.3 Å². The van der Waals surface area contributed by atoms with Crippen LogP contribution in [0.4, 0.5) is 5.69 Å². The lowest BCUT2D eigenvalue weighted by Gasteiger charge is -2.31. The SMILES string of the molecule is O=C(Nc1ccc(I)cc1)C1CCN(Cc2ccc(Br)cc2)CC1. The van der Waals surface area contributed by atoms with Gasteiger partial charge in [-0.15, -0.1) is 0 Å². The molecule has 126 valence electrons. The van der Waals surface area contributed by atoms with Gasteiger partial charge in [0.2, 0.25) is 5.91 Å². The van der Waals surface area contributed by atoms with Crippen LogP contribution in [0.3, 0.4) is 0 Å². The zero-order valence-corrected chi connectivity index (χ0v) is 17.1. The lowest BCUT2D eigenvalue weighted by molar-refractivity contribution is -0.121. The average Bonchev–Trinajstić information content (AvgIpc) is 2.59. The molecule has 0 aromatic heterocycles. The number of nitrogens with one attached hydrogen (secondary N) is 1. The molecule has 1 N–H and O–H groups in total. The highest BCUT2D eigenvalue weighted by Gasteiger charge is 2.25. The minimum absolute atomic E-state index is 0.116. The summed E-state index contributed by atoms with van der Waals surface area (Å²) in [6, 6.07) is 16.4. The molecule has 2 aromatic carbocycles. The monoisotopic (exact) mass is 498 g/mol. The normalized spacial score (nSPS) is 16.1. The van der Waals surface area contributed by atoms with Crippen LogP contribution in [-0.2, 0) is 11.3 Å². The van der Waals surface area contributed by atoms with Crippen molar-refractivity contribution in [3.05, 3.63) is 62.1 Å². The molecule has 2 aromatic rings. The summed E-state index contributed by atoms with van der Waals surface area (Å²) in [5.74, 6) is 0.268. The maximum absolute atomic E-state index is 12.4. The van der Waals surface area contributed by atoms with Crippen LogP contribution in [-0.4, -0.2) is 23.9 Å². The molecule has 0 unspecified atom stereocenters. The molecular formula is C19H20BrIN2O. The van der Waals surface area contributed by atoms with E-state index in [2.05, 4.69) is 73.0 Å². The van der Waals surface area contributed by atoms with E-state index in [1.165, 1.54) is 9.13 Å². The molecule has 0 atom stereocenters. The summed E-state index contributed by atoms with van der Waals surface area (Å²) < 4.78 is 2.28.